The Morgan fingerprint density at radius 2 is 2.06 bits per heavy atom. The van der Waals surface area contributed by atoms with Crippen molar-refractivity contribution in [2.24, 2.45) is 5.92 Å². The summed E-state index contributed by atoms with van der Waals surface area (Å²) >= 11 is 2.32. The molecule has 0 bridgehead atoms. The first-order chi connectivity index (χ1) is 7.54. The highest BCUT2D eigenvalue weighted by Gasteiger charge is 2.11. The molecule has 0 heterocycles. The van der Waals surface area contributed by atoms with Gasteiger partial charge in [0.15, 0.2) is 0 Å². The molecule has 0 amide bonds. The van der Waals surface area contributed by atoms with Crippen LogP contribution in [0.1, 0.15) is 27.2 Å². The molecule has 0 N–H and O–H groups in total. The monoisotopic (exact) mass is 326 g/mol. The van der Waals surface area contributed by atoms with E-state index in [-0.39, 0.29) is 0 Å². The molecule has 1 heteroatoms. The van der Waals surface area contributed by atoms with E-state index < -0.39 is 0 Å². The minimum Gasteiger partial charge on any atom is -0.0952 e. The maximum atomic E-state index is 4.15. The van der Waals surface area contributed by atoms with Crippen LogP contribution in [0.15, 0.2) is 57.3 Å². The highest BCUT2D eigenvalue weighted by Crippen LogP contribution is 2.27. The van der Waals surface area contributed by atoms with Gasteiger partial charge in [-0.3, -0.25) is 0 Å². The standard InChI is InChI=1S/C15H19I/c1-5-15(16)9-7-12(3)14-8-6-11(2)13(4)10-14/h5-7,9-10,14H,3,8H2,1-2,4H3/b9-7-,15-5+. The van der Waals surface area contributed by atoms with Gasteiger partial charge in [-0.25, -0.2) is 0 Å². The predicted octanol–water partition coefficient (Wildman–Crippen LogP) is 5.35. The third kappa shape index (κ3) is 3.78. The van der Waals surface area contributed by atoms with Crippen LogP contribution in [0.25, 0.3) is 0 Å². The number of rotatable bonds is 3. The van der Waals surface area contributed by atoms with Gasteiger partial charge in [-0.15, -0.1) is 0 Å². The van der Waals surface area contributed by atoms with Crippen LogP contribution in [0.2, 0.25) is 0 Å². The van der Waals surface area contributed by atoms with Gasteiger partial charge < -0.3 is 0 Å². The zero-order valence-corrected chi connectivity index (χ0v) is 12.4. The molecule has 0 aliphatic heterocycles. The number of halogens is 1. The Kier molecular flexibility index (Phi) is 5.26. The molecule has 1 aliphatic rings. The van der Waals surface area contributed by atoms with Crippen molar-refractivity contribution < 1.29 is 0 Å². The van der Waals surface area contributed by atoms with Gasteiger partial charge in [0, 0.05) is 9.50 Å². The molecule has 0 aromatic carbocycles. The van der Waals surface area contributed by atoms with E-state index in [0.29, 0.717) is 5.92 Å². The Morgan fingerprint density at radius 3 is 2.62 bits per heavy atom. The highest BCUT2D eigenvalue weighted by molar-refractivity contribution is 14.1. The van der Waals surface area contributed by atoms with E-state index in [4.69, 9.17) is 0 Å². The van der Waals surface area contributed by atoms with E-state index in [1.165, 1.54) is 20.3 Å². The average molecular weight is 326 g/mol. The van der Waals surface area contributed by atoms with Crippen molar-refractivity contribution in [2.45, 2.75) is 27.2 Å². The van der Waals surface area contributed by atoms with E-state index in [0.717, 1.165) is 6.42 Å². The molecule has 1 atom stereocenters. The molecule has 0 spiro atoms. The summed E-state index contributed by atoms with van der Waals surface area (Å²) in [5.41, 5.74) is 3.97. The fourth-order valence-corrected chi connectivity index (χ4v) is 1.81. The van der Waals surface area contributed by atoms with Gasteiger partial charge in [0.05, 0.1) is 0 Å². The fraction of sp³-hybridized carbons (Fsp3) is 0.333. The Labute approximate surface area is 113 Å². The minimum absolute atomic E-state index is 0.473. The van der Waals surface area contributed by atoms with Gasteiger partial charge in [0.2, 0.25) is 0 Å². The molecule has 86 valence electrons. The number of allylic oxidation sites excluding steroid dienone is 9. The third-order valence-corrected chi connectivity index (χ3v) is 3.94. The Hall–Kier alpha value is -0.570. The van der Waals surface area contributed by atoms with E-state index in [9.17, 15) is 0 Å². The first-order valence-electron chi connectivity index (χ1n) is 5.59. The molecule has 0 nitrogen and oxygen atoms in total. The molecule has 0 aromatic rings. The van der Waals surface area contributed by atoms with Gasteiger partial charge in [0.25, 0.3) is 0 Å². The van der Waals surface area contributed by atoms with E-state index in [1.54, 1.807) is 0 Å². The van der Waals surface area contributed by atoms with Gasteiger partial charge in [0.1, 0.15) is 0 Å². The van der Waals surface area contributed by atoms with Crippen LogP contribution in [0.3, 0.4) is 0 Å². The lowest BCUT2D eigenvalue weighted by molar-refractivity contribution is 0.772. The maximum absolute atomic E-state index is 4.15. The highest BCUT2D eigenvalue weighted by atomic mass is 127. The molecule has 0 saturated heterocycles. The summed E-state index contributed by atoms with van der Waals surface area (Å²) in [7, 11) is 0. The number of hydrogen-bond donors (Lipinski definition) is 0. The van der Waals surface area contributed by atoms with Crippen LogP contribution in [-0.4, -0.2) is 0 Å². The summed E-state index contributed by atoms with van der Waals surface area (Å²) in [6.07, 6.45) is 12.1. The van der Waals surface area contributed by atoms with Crippen LogP contribution in [0.5, 0.6) is 0 Å². The van der Waals surface area contributed by atoms with Gasteiger partial charge in [-0.1, -0.05) is 42.0 Å². The lowest BCUT2D eigenvalue weighted by Gasteiger charge is -2.18. The molecule has 0 aromatic heterocycles. The van der Waals surface area contributed by atoms with Crippen molar-refractivity contribution in [2.75, 3.05) is 0 Å². The van der Waals surface area contributed by atoms with E-state index in [1.807, 2.05) is 6.92 Å². The second kappa shape index (κ2) is 6.24. The fourth-order valence-electron chi connectivity index (χ4n) is 1.63. The van der Waals surface area contributed by atoms with Gasteiger partial charge in [-0.05, 0) is 61.4 Å². The summed E-state index contributed by atoms with van der Waals surface area (Å²) in [5, 5.41) is 0. The molecule has 0 fully saturated rings. The lowest BCUT2D eigenvalue weighted by Crippen LogP contribution is -2.03. The molecule has 1 unspecified atom stereocenters. The zero-order valence-electron chi connectivity index (χ0n) is 10.3. The first kappa shape index (κ1) is 13.5. The van der Waals surface area contributed by atoms with Crippen LogP contribution >= 0.6 is 22.6 Å². The maximum Gasteiger partial charge on any atom is 0.00872 e. The van der Waals surface area contributed by atoms with E-state index >= 15 is 0 Å². The molecule has 0 saturated carbocycles. The lowest BCUT2D eigenvalue weighted by atomic mass is 9.87. The zero-order chi connectivity index (χ0) is 12.1. The first-order valence-corrected chi connectivity index (χ1v) is 6.66. The quantitative estimate of drug-likeness (QED) is 0.484. The second-order valence-corrected chi connectivity index (χ2v) is 5.41. The van der Waals surface area contributed by atoms with Crippen molar-refractivity contribution in [3.05, 3.63) is 57.3 Å². The molecule has 16 heavy (non-hydrogen) atoms. The second-order valence-electron chi connectivity index (χ2n) is 4.16. The number of hydrogen-bond acceptors (Lipinski definition) is 0. The van der Waals surface area contributed by atoms with Crippen LogP contribution in [-0.2, 0) is 0 Å². The Morgan fingerprint density at radius 1 is 1.38 bits per heavy atom. The molecule has 1 aliphatic carbocycles. The topological polar surface area (TPSA) is 0 Å². The normalized spacial score (nSPS) is 22.0. The van der Waals surface area contributed by atoms with E-state index in [2.05, 4.69) is 73.4 Å². The van der Waals surface area contributed by atoms with Crippen molar-refractivity contribution in [1.82, 2.24) is 0 Å². The van der Waals surface area contributed by atoms with Crippen LogP contribution < -0.4 is 0 Å². The molecular formula is C15H19I. The summed E-state index contributed by atoms with van der Waals surface area (Å²) in [6, 6.07) is 0. The Bertz CT molecular complexity index is 392. The van der Waals surface area contributed by atoms with Crippen molar-refractivity contribution in [3.63, 3.8) is 0 Å². The summed E-state index contributed by atoms with van der Waals surface area (Å²) in [5.74, 6) is 0.473. The van der Waals surface area contributed by atoms with Crippen LogP contribution in [0.4, 0.5) is 0 Å². The smallest absolute Gasteiger partial charge is 0.00872 e. The SMILES string of the molecule is C=C(/C=C\C(I)=C/C)C1C=C(C)C(C)=CC1. The molecular weight excluding hydrogens is 307 g/mol. The van der Waals surface area contributed by atoms with Crippen LogP contribution in [0, 0.1) is 5.92 Å². The van der Waals surface area contributed by atoms with Gasteiger partial charge >= 0.3 is 0 Å². The summed E-state index contributed by atoms with van der Waals surface area (Å²) in [6.45, 7) is 10.5. The average Bonchev–Trinajstić information content (AvgIpc) is 2.29. The Balaban J connectivity index is 2.68. The van der Waals surface area contributed by atoms with Crippen molar-refractivity contribution in [3.8, 4) is 0 Å². The third-order valence-electron chi connectivity index (χ3n) is 2.96. The van der Waals surface area contributed by atoms with Gasteiger partial charge in [-0.2, -0.15) is 0 Å². The summed E-state index contributed by atoms with van der Waals surface area (Å²) < 4.78 is 1.25. The van der Waals surface area contributed by atoms with Crippen molar-refractivity contribution >= 4 is 22.6 Å². The molecule has 0 radical (unpaired) electrons. The molecule has 1 rings (SSSR count). The van der Waals surface area contributed by atoms with Crippen molar-refractivity contribution in [1.29, 1.82) is 0 Å². The summed E-state index contributed by atoms with van der Waals surface area (Å²) in [4.78, 5) is 0. The minimum atomic E-state index is 0.473. The predicted molar refractivity (Wildman–Crippen MR) is 81.7 cm³/mol. The largest absolute Gasteiger partial charge is 0.0952 e.